The molecule has 0 aliphatic carbocycles. The number of rotatable bonds is 5. The van der Waals surface area contributed by atoms with Crippen molar-refractivity contribution in [2.45, 2.75) is 26.5 Å². The molecule has 1 N–H and O–H groups in total. The maximum absolute atomic E-state index is 5.74. The summed E-state index contributed by atoms with van der Waals surface area (Å²) in [5.41, 5.74) is 0. The number of nitrogens with zero attached hydrogens (tertiary/aromatic N) is 4. The first kappa shape index (κ1) is 13.5. The fourth-order valence-electron chi connectivity index (χ4n) is 2.14. The van der Waals surface area contributed by atoms with Crippen molar-refractivity contribution >= 4 is 0 Å². The SMILES string of the molecule is CCN1CCOC(CNCc2nnc(C)n2C)C1. The third kappa shape index (κ3) is 3.28. The van der Waals surface area contributed by atoms with Crippen molar-refractivity contribution in [1.29, 1.82) is 0 Å². The van der Waals surface area contributed by atoms with Crippen LogP contribution < -0.4 is 5.32 Å². The van der Waals surface area contributed by atoms with Gasteiger partial charge in [0.1, 0.15) is 11.6 Å². The number of ether oxygens (including phenoxy) is 1. The summed E-state index contributed by atoms with van der Waals surface area (Å²) in [6, 6.07) is 0. The van der Waals surface area contributed by atoms with Gasteiger partial charge >= 0.3 is 0 Å². The van der Waals surface area contributed by atoms with E-state index in [1.54, 1.807) is 0 Å². The van der Waals surface area contributed by atoms with E-state index in [0.717, 1.165) is 51.0 Å². The summed E-state index contributed by atoms with van der Waals surface area (Å²) < 4.78 is 7.74. The predicted octanol–water partition coefficient (Wildman–Crippen LogP) is -0.0662. The summed E-state index contributed by atoms with van der Waals surface area (Å²) in [5, 5.41) is 11.6. The third-order valence-electron chi connectivity index (χ3n) is 3.51. The Morgan fingerprint density at radius 2 is 2.28 bits per heavy atom. The van der Waals surface area contributed by atoms with Crippen LogP contribution >= 0.6 is 0 Å². The van der Waals surface area contributed by atoms with Gasteiger partial charge in [-0.1, -0.05) is 6.92 Å². The standard InChI is InChI=1S/C12H23N5O/c1-4-17-5-6-18-11(9-17)7-13-8-12-15-14-10(2)16(12)3/h11,13H,4-9H2,1-3H3. The molecule has 2 heterocycles. The number of hydrogen-bond donors (Lipinski definition) is 1. The van der Waals surface area contributed by atoms with Crippen molar-refractivity contribution in [3.05, 3.63) is 11.6 Å². The van der Waals surface area contributed by atoms with E-state index in [0.29, 0.717) is 0 Å². The van der Waals surface area contributed by atoms with Gasteiger partial charge in [0.25, 0.3) is 0 Å². The molecule has 1 unspecified atom stereocenters. The first-order valence-electron chi connectivity index (χ1n) is 6.60. The predicted molar refractivity (Wildman–Crippen MR) is 69.3 cm³/mol. The van der Waals surface area contributed by atoms with Crippen molar-refractivity contribution < 1.29 is 4.74 Å². The Hall–Kier alpha value is -0.980. The van der Waals surface area contributed by atoms with Crippen molar-refractivity contribution in [2.75, 3.05) is 32.8 Å². The van der Waals surface area contributed by atoms with E-state index >= 15 is 0 Å². The lowest BCUT2D eigenvalue weighted by atomic mass is 10.2. The quantitative estimate of drug-likeness (QED) is 0.796. The van der Waals surface area contributed by atoms with Crippen LogP contribution in [0.25, 0.3) is 0 Å². The lowest BCUT2D eigenvalue weighted by Gasteiger charge is -2.32. The molecule has 0 spiro atoms. The number of likely N-dealkylation sites (N-methyl/N-ethyl adjacent to an activating group) is 1. The highest BCUT2D eigenvalue weighted by molar-refractivity contribution is 4.92. The van der Waals surface area contributed by atoms with Crippen molar-refractivity contribution in [3.8, 4) is 0 Å². The summed E-state index contributed by atoms with van der Waals surface area (Å²) in [6.45, 7) is 9.76. The van der Waals surface area contributed by atoms with Gasteiger partial charge in [0, 0.05) is 26.7 Å². The molecular formula is C12H23N5O. The second-order valence-corrected chi connectivity index (χ2v) is 4.74. The van der Waals surface area contributed by atoms with Gasteiger partial charge in [-0.3, -0.25) is 4.90 Å². The summed E-state index contributed by atoms with van der Waals surface area (Å²) in [6.07, 6.45) is 0.285. The molecule has 0 radical (unpaired) electrons. The molecule has 1 aromatic rings. The lowest BCUT2D eigenvalue weighted by molar-refractivity contribution is -0.0254. The first-order valence-corrected chi connectivity index (χ1v) is 6.60. The first-order chi connectivity index (χ1) is 8.70. The molecule has 1 saturated heterocycles. The summed E-state index contributed by atoms with van der Waals surface area (Å²) in [5.74, 6) is 1.91. The number of morpholine rings is 1. The number of aryl methyl sites for hydroxylation is 1. The molecule has 0 saturated carbocycles. The molecular weight excluding hydrogens is 230 g/mol. The van der Waals surface area contributed by atoms with Gasteiger partial charge in [0.2, 0.25) is 0 Å². The van der Waals surface area contributed by atoms with E-state index < -0.39 is 0 Å². The van der Waals surface area contributed by atoms with Crippen molar-refractivity contribution in [3.63, 3.8) is 0 Å². The van der Waals surface area contributed by atoms with Gasteiger partial charge in [0.15, 0.2) is 0 Å². The summed E-state index contributed by atoms with van der Waals surface area (Å²) >= 11 is 0. The molecule has 6 heteroatoms. The van der Waals surface area contributed by atoms with E-state index in [2.05, 4.69) is 27.3 Å². The number of aromatic nitrogens is 3. The number of hydrogen-bond acceptors (Lipinski definition) is 5. The minimum atomic E-state index is 0.285. The zero-order valence-electron chi connectivity index (χ0n) is 11.5. The largest absolute Gasteiger partial charge is 0.374 e. The molecule has 1 aromatic heterocycles. The van der Waals surface area contributed by atoms with E-state index in [9.17, 15) is 0 Å². The smallest absolute Gasteiger partial charge is 0.146 e. The van der Waals surface area contributed by atoms with Gasteiger partial charge < -0.3 is 14.6 Å². The van der Waals surface area contributed by atoms with E-state index in [4.69, 9.17) is 4.74 Å². The van der Waals surface area contributed by atoms with Gasteiger partial charge in [-0.15, -0.1) is 10.2 Å². The highest BCUT2D eigenvalue weighted by atomic mass is 16.5. The van der Waals surface area contributed by atoms with E-state index in [1.165, 1.54) is 0 Å². The molecule has 0 aromatic carbocycles. The van der Waals surface area contributed by atoms with Crippen LogP contribution in [-0.2, 0) is 18.3 Å². The molecule has 0 amide bonds. The zero-order valence-corrected chi connectivity index (χ0v) is 11.5. The Labute approximate surface area is 108 Å². The Balaban J connectivity index is 1.73. The molecule has 6 nitrogen and oxygen atoms in total. The molecule has 1 fully saturated rings. The topological polar surface area (TPSA) is 55.2 Å². The van der Waals surface area contributed by atoms with E-state index in [-0.39, 0.29) is 6.10 Å². The fourth-order valence-corrected chi connectivity index (χ4v) is 2.14. The Morgan fingerprint density at radius 3 is 2.94 bits per heavy atom. The molecule has 102 valence electrons. The van der Waals surface area contributed by atoms with Crippen LogP contribution in [0.2, 0.25) is 0 Å². The second kappa shape index (κ2) is 6.26. The molecule has 18 heavy (non-hydrogen) atoms. The highest BCUT2D eigenvalue weighted by Gasteiger charge is 2.18. The van der Waals surface area contributed by atoms with Crippen LogP contribution in [0.3, 0.4) is 0 Å². The van der Waals surface area contributed by atoms with Crippen LogP contribution in [0, 0.1) is 6.92 Å². The van der Waals surface area contributed by atoms with Crippen molar-refractivity contribution in [1.82, 2.24) is 25.0 Å². The second-order valence-electron chi connectivity index (χ2n) is 4.74. The average Bonchev–Trinajstić information content (AvgIpc) is 2.71. The maximum Gasteiger partial charge on any atom is 0.146 e. The van der Waals surface area contributed by atoms with Gasteiger partial charge in [-0.25, -0.2) is 0 Å². The Bertz CT molecular complexity index is 379. The average molecular weight is 253 g/mol. The Morgan fingerprint density at radius 1 is 1.44 bits per heavy atom. The van der Waals surface area contributed by atoms with Gasteiger partial charge in [-0.05, 0) is 13.5 Å². The monoisotopic (exact) mass is 253 g/mol. The van der Waals surface area contributed by atoms with E-state index in [1.807, 2.05) is 18.5 Å². The molecule has 2 rings (SSSR count). The van der Waals surface area contributed by atoms with Crippen LogP contribution in [0.1, 0.15) is 18.6 Å². The normalized spacial score (nSPS) is 21.4. The van der Waals surface area contributed by atoms with Crippen LogP contribution in [0.5, 0.6) is 0 Å². The maximum atomic E-state index is 5.74. The molecule has 1 aliphatic heterocycles. The Kier molecular flexibility index (Phi) is 4.68. The number of nitrogens with one attached hydrogen (secondary N) is 1. The molecule has 1 atom stereocenters. The van der Waals surface area contributed by atoms with Crippen LogP contribution in [-0.4, -0.2) is 58.6 Å². The third-order valence-corrected chi connectivity index (χ3v) is 3.51. The van der Waals surface area contributed by atoms with Crippen LogP contribution in [0.15, 0.2) is 0 Å². The lowest BCUT2D eigenvalue weighted by Crippen LogP contribution is -2.46. The van der Waals surface area contributed by atoms with Gasteiger partial charge in [-0.2, -0.15) is 0 Å². The zero-order chi connectivity index (χ0) is 13.0. The van der Waals surface area contributed by atoms with Crippen LogP contribution in [0.4, 0.5) is 0 Å². The molecule has 1 aliphatic rings. The van der Waals surface area contributed by atoms with Gasteiger partial charge in [0.05, 0.1) is 19.3 Å². The summed E-state index contributed by atoms with van der Waals surface area (Å²) in [4.78, 5) is 2.42. The van der Waals surface area contributed by atoms with Crippen molar-refractivity contribution in [2.24, 2.45) is 7.05 Å². The summed E-state index contributed by atoms with van der Waals surface area (Å²) in [7, 11) is 1.99. The highest BCUT2D eigenvalue weighted by Crippen LogP contribution is 2.04. The minimum absolute atomic E-state index is 0.285. The minimum Gasteiger partial charge on any atom is -0.374 e. The fraction of sp³-hybridized carbons (Fsp3) is 0.833. The molecule has 0 bridgehead atoms.